The second-order valence-electron chi connectivity index (χ2n) is 3.16. The summed E-state index contributed by atoms with van der Waals surface area (Å²) in [6.07, 6.45) is 3.03. The van der Waals surface area contributed by atoms with Crippen molar-refractivity contribution in [2.45, 2.75) is 20.8 Å². The minimum atomic E-state index is 0.160. The van der Waals surface area contributed by atoms with E-state index >= 15 is 0 Å². The third-order valence-electron chi connectivity index (χ3n) is 2.03. The molecule has 0 bridgehead atoms. The van der Waals surface area contributed by atoms with Crippen molar-refractivity contribution in [3.8, 4) is 0 Å². The Morgan fingerprint density at radius 1 is 1.39 bits per heavy atom. The summed E-state index contributed by atoms with van der Waals surface area (Å²) < 4.78 is 0. The first-order chi connectivity index (χ1) is 8.70. The maximum absolute atomic E-state index is 5.52. The summed E-state index contributed by atoms with van der Waals surface area (Å²) in [5.41, 5.74) is 7.08. The lowest BCUT2D eigenvalue weighted by molar-refractivity contribution is 1.12. The van der Waals surface area contributed by atoms with Gasteiger partial charge in [-0.05, 0) is 13.0 Å². The van der Waals surface area contributed by atoms with Crippen molar-refractivity contribution in [2.75, 3.05) is 0 Å². The fraction of sp³-hybridized carbons (Fsp3) is 0.273. The molecule has 0 spiro atoms. The summed E-state index contributed by atoms with van der Waals surface area (Å²) in [5.74, 6) is 5.39. The molecule has 0 aliphatic heterocycles. The van der Waals surface area contributed by atoms with E-state index in [-0.39, 0.29) is 11.8 Å². The molecule has 0 fully saturated rings. The van der Waals surface area contributed by atoms with Crippen molar-refractivity contribution in [1.29, 1.82) is 0 Å². The molecule has 0 saturated heterocycles. The van der Waals surface area contributed by atoms with E-state index < -0.39 is 0 Å². The minimum absolute atomic E-state index is 0.160. The van der Waals surface area contributed by atoms with Crippen molar-refractivity contribution in [2.24, 2.45) is 21.7 Å². The summed E-state index contributed by atoms with van der Waals surface area (Å²) in [4.78, 5) is 15.3. The molecule has 7 heteroatoms. The van der Waals surface area contributed by atoms with Crippen LogP contribution in [0.3, 0.4) is 0 Å². The zero-order valence-electron chi connectivity index (χ0n) is 10.7. The molecule has 0 unspecified atom stereocenters. The smallest absolute Gasteiger partial charge is 0.253 e. The molecule has 0 radical (unpaired) electrons. The topological polar surface area (TPSA) is 118 Å². The number of hydrogen-bond acceptors (Lipinski definition) is 5. The van der Waals surface area contributed by atoms with E-state index in [9.17, 15) is 0 Å². The highest BCUT2D eigenvalue weighted by Crippen LogP contribution is 2.16. The molecular formula is C11H17N7. The number of aromatic amines is 1. The van der Waals surface area contributed by atoms with Crippen LogP contribution in [0.5, 0.6) is 0 Å². The van der Waals surface area contributed by atoms with Crippen LogP contribution in [0.2, 0.25) is 0 Å². The maximum Gasteiger partial charge on any atom is 0.253 e. The Morgan fingerprint density at radius 3 is 2.78 bits per heavy atom. The van der Waals surface area contributed by atoms with Gasteiger partial charge in [-0.25, -0.2) is 4.98 Å². The summed E-state index contributed by atoms with van der Waals surface area (Å²) in [5, 5.41) is 4.23. The van der Waals surface area contributed by atoms with E-state index in [1.165, 1.54) is 6.21 Å². The molecule has 7 nitrogen and oxygen atoms in total. The second-order valence-corrected chi connectivity index (χ2v) is 3.16. The van der Waals surface area contributed by atoms with Gasteiger partial charge in [0.1, 0.15) is 11.5 Å². The van der Waals surface area contributed by atoms with Crippen LogP contribution in [0, 0.1) is 6.92 Å². The molecule has 2 rings (SSSR count). The first-order valence-corrected chi connectivity index (χ1v) is 5.60. The van der Waals surface area contributed by atoms with Crippen molar-refractivity contribution in [3.05, 3.63) is 18.0 Å². The second kappa shape index (κ2) is 6.33. The van der Waals surface area contributed by atoms with Gasteiger partial charge in [0.15, 0.2) is 0 Å². The third kappa shape index (κ3) is 3.03. The van der Waals surface area contributed by atoms with E-state index in [0.29, 0.717) is 0 Å². The van der Waals surface area contributed by atoms with Crippen LogP contribution in [-0.2, 0) is 0 Å². The van der Waals surface area contributed by atoms with Crippen molar-refractivity contribution in [1.82, 2.24) is 15.0 Å². The number of nitrogens with one attached hydrogen (secondary N) is 1. The quantitative estimate of drug-likeness (QED) is 0.320. The lowest BCUT2D eigenvalue weighted by Crippen LogP contribution is -2.13. The number of amidine groups is 1. The number of aliphatic imine (C=N–C) groups is 1. The highest BCUT2D eigenvalue weighted by atomic mass is 15.1. The Bertz CT molecular complexity index is 568. The van der Waals surface area contributed by atoms with Crippen LogP contribution in [-0.4, -0.2) is 27.0 Å². The minimum Gasteiger partial charge on any atom is -0.382 e. The Morgan fingerprint density at radius 2 is 2.11 bits per heavy atom. The van der Waals surface area contributed by atoms with Crippen LogP contribution < -0.4 is 11.6 Å². The maximum atomic E-state index is 5.52. The molecule has 0 aliphatic rings. The van der Waals surface area contributed by atoms with E-state index in [0.717, 1.165) is 16.7 Å². The van der Waals surface area contributed by atoms with Crippen LogP contribution in [0.15, 0.2) is 22.4 Å². The number of hydrazone groups is 1. The van der Waals surface area contributed by atoms with Crippen LogP contribution in [0.4, 0.5) is 5.95 Å². The largest absolute Gasteiger partial charge is 0.382 e. The highest BCUT2D eigenvalue weighted by Gasteiger charge is 2.04. The number of nitrogens with two attached hydrogens (primary N) is 2. The van der Waals surface area contributed by atoms with Gasteiger partial charge in [0.2, 0.25) is 0 Å². The van der Waals surface area contributed by atoms with Gasteiger partial charge in [0.05, 0.1) is 11.9 Å². The predicted molar refractivity (Wildman–Crippen MR) is 73.9 cm³/mol. The molecule has 18 heavy (non-hydrogen) atoms. The zero-order valence-corrected chi connectivity index (χ0v) is 10.7. The van der Waals surface area contributed by atoms with Gasteiger partial charge in [-0.15, -0.1) is 0 Å². The van der Waals surface area contributed by atoms with Crippen molar-refractivity contribution in [3.63, 3.8) is 0 Å². The molecular weight excluding hydrogens is 230 g/mol. The predicted octanol–water partition coefficient (Wildman–Crippen LogP) is 1.23. The van der Waals surface area contributed by atoms with E-state index in [2.05, 4.69) is 25.0 Å². The van der Waals surface area contributed by atoms with Crippen LogP contribution in [0.25, 0.3) is 11.0 Å². The van der Waals surface area contributed by atoms with E-state index in [1.54, 1.807) is 6.20 Å². The Labute approximate surface area is 105 Å². The summed E-state index contributed by atoms with van der Waals surface area (Å²) >= 11 is 0. The SMILES string of the molecule is CC.Cc1nc(/N=C(N)/C=N\N)nc2[nH]ccc12. The van der Waals surface area contributed by atoms with Gasteiger partial charge in [0, 0.05) is 11.6 Å². The summed E-state index contributed by atoms with van der Waals surface area (Å²) in [7, 11) is 0. The van der Waals surface area contributed by atoms with Gasteiger partial charge in [-0.2, -0.15) is 15.1 Å². The Kier molecular flexibility index (Phi) is 4.79. The lowest BCUT2D eigenvalue weighted by atomic mass is 10.3. The molecule has 96 valence electrons. The van der Waals surface area contributed by atoms with E-state index in [1.807, 2.05) is 26.8 Å². The number of hydrogen-bond donors (Lipinski definition) is 3. The fourth-order valence-corrected chi connectivity index (χ4v) is 1.35. The number of H-pyrrole nitrogens is 1. The van der Waals surface area contributed by atoms with E-state index in [4.69, 9.17) is 11.6 Å². The highest BCUT2D eigenvalue weighted by molar-refractivity contribution is 6.29. The van der Waals surface area contributed by atoms with Crippen molar-refractivity contribution < 1.29 is 0 Å². The Balaban J connectivity index is 0.000000771. The first kappa shape index (κ1) is 13.6. The molecule has 0 aliphatic carbocycles. The summed E-state index contributed by atoms with van der Waals surface area (Å²) in [6.45, 7) is 5.88. The molecule has 5 N–H and O–H groups in total. The number of nitrogens with zero attached hydrogens (tertiary/aromatic N) is 4. The van der Waals surface area contributed by atoms with Gasteiger partial charge in [-0.3, -0.25) is 0 Å². The molecule has 2 aromatic rings. The fourth-order valence-electron chi connectivity index (χ4n) is 1.35. The van der Waals surface area contributed by atoms with Gasteiger partial charge in [-0.1, -0.05) is 13.8 Å². The molecule has 2 aromatic heterocycles. The molecule has 2 heterocycles. The number of aromatic nitrogens is 3. The normalized spacial score (nSPS) is 11.6. The first-order valence-electron chi connectivity index (χ1n) is 5.60. The third-order valence-corrected chi connectivity index (χ3v) is 2.03. The molecule has 0 saturated carbocycles. The zero-order chi connectivity index (χ0) is 13.5. The number of fused-ring (bicyclic) bond motifs is 1. The average Bonchev–Trinajstić information content (AvgIpc) is 2.80. The molecule has 0 aromatic carbocycles. The van der Waals surface area contributed by atoms with Gasteiger partial charge >= 0.3 is 0 Å². The van der Waals surface area contributed by atoms with Gasteiger partial charge in [0.25, 0.3) is 5.95 Å². The molecule has 0 amide bonds. The molecule has 0 atom stereocenters. The van der Waals surface area contributed by atoms with Gasteiger partial charge < -0.3 is 16.6 Å². The Hall–Kier alpha value is -2.44. The van der Waals surface area contributed by atoms with Crippen LogP contribution in [0.1, 0.15) is 19.5 Å². The average molecular weight is 247 g/mol. The lowest BCUT2D eigenvalue weighted by Gasteiger charge is -1.97. The van der Waals surface area contributed by atoms with Crippen molar-refractivity contribution >= 4 is 29.0 Å². The summed E-state index contributed by atoms with van der Waals surface area (Å²) in [6, 6.07) is 1.91. The monoisotopic (exact) mass is 247 g/mol. The number of rotatable bonds is 2. The number of aryl methyl sites for hydroxylation is 1. The standard InChI is InChI=1S/C9H11N7.C2H6/c1-5-6-2-3-12-8(6)16-9(14-5)15-7(10)4-13-11;1-2/h2-4H,11H2,1H3,(H3,10,12,14,15,16);1-2H3/b13-4-;. The van der Waals surface area contributed by atoms with Crippen LogP contribution >= 0.6 is 0 Å².